The third-order valence-corrected chi connectivity index (χ3v) is 16.0. The van der Waals surface area contributed by atoms with Gasteiger partial charge in [-0.15, -0.1) is 0 Å². The van der Waals surface area contributed by atoms with Crippen LogP contribution in [0.25, 0.3) is 72.3 Å². The van der Waals surface area contributed by atoms with E-state index in [9.17, 15) is 10.5 Å². The van der Waals surface area contributed by atoms with E-state index in [-0.39, 0.29) is 23.7 Å². The standard InChI is InChI=1S/C63H34N6/c64-31-36-29-48-56(58-50(36)52-38-19-7-11-23-42(38)54(58)43-24-12-8-20-39(43)52)46-27-35(63-67-61(33-15-3-1-4-16-33)66-62(68-63)34-17-5-2-6-18-34)28-47-57-49(69(48)60(46)47)30-37(32-65)51-53-40-21-9-13-25-44(40)55(59(51)57)45-26-14-10-22-41(45)53/h1-30,52-55H. The first kappa shape index (κ1) is 36.9. The first-order chi connectivity index (χ1) is 34.2. The van der Waals surface area contributed by atoms with Gasteiger partial charge in [0, 0.05) is 61.9 Å². The molecule has 316 valence electrons. The van der Waals surface area contributed by atoms with Crippen LogP contribution in [0.5, 0.6) is 0 Å². The first-order valence-corrected chi connectivity index (χ1v) is 23.6. The topological polar surface area (TPSA) is 90.7 Å². The number of hydrogen-bond acceptors (Lipinski definition) is 5. The Morgan fingerprint density at radius 3 is 0.986 bits per heavy atom. The maximum atomic E-state index is 11.3. The second-order valence-corrected chi connectivity index (χ2v) is 19.1. The van der Waals surface area contributed by atoms with Crippen molar-refractivity contribution in [3.8, 4) is 46.3 Å². The van der Waals surface area contributed by atoms with E-state index in [1.54, 1.807) is 0 Å². The fraction of sp³-hybridized carbons (Fsp3) is 0.0635. The normalized spacial score (nSPS) is 17.5. The van der Waals surface area contributed by atoms with E-state index in [0.29, 0.717) is 28.6 Å². The minimum Gasteiger partial charge on any atom is -0.308 e. The van der Waals surface area contributed by atoms with Crippen LogP contribution in [0.15, 0.2) is 182 Å². The average molecular weight is 875 g/mol. The number of hydrogen-bond donors (Lipinski definition) is 0. The highest BCUT2D eigenvalue weighted by Gasteiger charge is 2.47. The van der Waals surface area contributed by atoms with Gasteiger partial charge < -0.3 is 4.40 Å². The molecule has 0 atom stereocenters. The summed E-state index contributed by atoms with van der Waals surface area (Å²) < 4.78 is 2.39. The molecule has 0 unspecified atom stereocenters. The van der Waals surface area contributed by atoms with E-state index >= 15 is 0 Å². The van der Waals surface area contributed by atoms with Crippen LogP contribution < -0.4 is 0 Å². The number of nitriles is 2. The predicted octanol–water partition coefficient (Wildman–Crippen LogP) is 13.7. The van der Waals surface area contributed by atoms with Crippen LogP contribution >= 0.6 is 0 Å². The molecule has 0 aliphatic heterocycles. The van der Waals surface area contributed by atoms with Crippen LogP contribution in [-0.2, 0) is 0 Å². The maximum Gasteiger partial charge on any atom is 0.164 e. The summed E-state index contributed by atoms with van der Waals surface area (Å²) in [6.07, 6.45) is 0. The Morgan fingerprint density at radius 2 is 0.652 bits per heavy atom. The smallest absolute Gasteiger partial charge is 0.164 e. The summed E-state index contributed by atoms with van der Waals surface area (Å²) in [7, 11) is 0. The molecule has 4 bridgehead atoms. The summed E-state index contributed by atoms with van der Waals surface area (Å²) in [4.78, 5) is 15.8. The van der Waals surface area contributed by atoms with Crippen molar-refractivity contribution in [3.05, 3.63) is 260 Å². The molecule has 6 aliphatic carbocycles. The summed E-state index contributed by atoms with van der Waals surface area (Å²) in [5.41, 5.74) is 21.8. The molecule has 0 saturated heterocycles. The molecule has 12 aromatic rings. The molecule has 6 aliphatic rings. The van der Waals surface area contributed by atoms with Gasteiger partial charge >= 0.3 is 0 Å². The van der Waals surface area contributed by atoms with Gasteiger partial charge in [0.1, 0.15) is 0 Å². The molecule has 0 spiro atoms. The van der Waals surface area contributed by atoms with Crippen LogP contribution in [0.3, 0.4) is 0 Å². The van der Waals surface area contributed by atoms with Gasteiger partial charge in [-0.1, -0.05) is 158 Å². The van der Waals surface area contributed by atoms with E-state index < -0.39 is 0 Å². The number of nitrogens with zero attached hydrogens (tertiary/aromatic N) is 6. The zero-order chi connectivity index (χ0) is 45.2. The van der Waals surface area contributed by atoms with Crippen LogP contribution in [0.4, 0.5) is 0 Å². The fourth-order valence-corrected chi connectivity index (χ4v) is 13.5. The zero-order valence-electron chi connectivity index (χ0n) is 36.8. The summed E-state index contributed by atoms with van der Waals surface area (Å²) >= 11 is 0. The van der Waals surface area contributed by atoms with Gasteiger partial charge in [-0.3, -0.25) is 0 Å². The van der Waals surface area contributed by atoms with Crippen LogP contribution in [0.2, 0.25) is 0 Å². The van der Waals surface area contributed by atoms with Crippen molar-refractivity contribution in [3.63, 3.8) is 0 Å². The Hall–Kier alpha value is -9.23. The van der Waals surface area contributed by atoms with Crippen molar-refractivity contribution in [1.29, 1.82) is 10.5 Å². The lowest BCUT2D eigenvalue weighted by atomic mass is 9.59. The van der Waals surface area contributed by atoms with Crippen molar-refractivity contribution < 1.29 is 0 Å². The molecule has 18 rings (SSSR count). The molecule has 3 aromatic heterocycles. The van der Waals surface area contributed by atoms with Gasteiger partial charge in [0.2, 0.25) is 0 Å². The SMILES string of the molecule is N#Cc1cc2c(c3c1C1c4ccccc4C3c3ccccc31)c1cc(-c3nc(-c4ccccc4)nc(-c4ccccc4)n3)cc3c4c5c(c(C#N)cc4n2c13)C1c2ccccc2C5c2ccccc21. The third kappa shape index (κ3) is 4.61. The number of rotatable bonds is 3. The summed E-state index contributed by atoms with van der Waals surface area (Å²) in [6.45, 7) is 0. The quantitative estimate of drug-likeness (QED) is 0.176. The van der Waals surface area contributed by atoms with E-state index in [4.69, 9.17) is 15.0 Å². The number of benzene rings is 9. The predicted molar refractivity (Wildman–Crippen MR) is 270 cm³/mol. The molecule has 3 heterocycles. The molecular weight excluding hydrogens is 841 g/mol. The molecule has 0 N–H and O–H groups in total. The van der Waals surface area contributed by atoms with Crippen LogP contribution in [-0.4, -0.2) is 19.4 Å². The van der Waals surface area contributed by atoms with Gasteiger partial charge in [0.15, 0.2) is 17.5 Å². The Kier molecular flexibility index (Phi) is 7.08. The molecule has 6 nitrogen and oxygen atoms in total. The van der Waals surface area contributed by atoms with Gasteiger partial charge in [0.05, 0.1) is 39.8 Å². The van der Waals surface area contributed by atoms with E-state index in [1.165, 1.54) is 55.6 Å². The Bertz CT molecular complexity index is 4000. The van der Waals surface area contributed by atoms with E-state index in [1.807, 2.05) is 60.7 Å². The summed E-state index contributed by atoms with van der Waals surface area (Å²) in [5, 5.41) is 27.1. The highest BCUT2D eigenvalue weighted by atomic mass is 15.0. The molecular formula is C63H34N6. The Labute approximate surface area is 396 Å². The van der Waals surface area contributed by atoms with Gasteiger partial charge in [-0.25, -0.2) is 15.0 Å². The lowest BCUT2D eigenvalue weighted by Gasteiger charge is -2.43. The van der Waals surface area contributed by atoms with Crippen molar-refractivity contribution >= 4 is 38.1 Å². The number of aromatic nitrogens is 4. The minimum atomic E-state index is -0.0916. The lowest BCUT2D eigenvalue weighted by Crippen LogP contribution is -2.28. The molecule has 0 fully saturated rings. The molecule has 0 saturated carbocycles. The monoisotopic (exact) mass is 874 g/mol. The molecule has 69 heavy (non-hydrogen) atoms. The molecule has 0 amide bonds. The fourth-order valence-electron chi connectivity index (χ4n) is 13.5. The lowest BCUT2D eigenvalue weighted by molar-refractivity contribution is 0.758. The van der Waals surface area contributed by atoms with Crippen molar-refractivity contribution in [1.82, 2.24) is 19.4 Å². The minimum absolute atomic E-state index is 0.0910. The second kappa shape index (κ2) is 13.2. The summed E-state index contributed by atoms with van der Waals surface area (Å²) in [5.74, 6) is 1.41. The highest BCUT2D eigenvalue weighted by molar-refractivity contribution is 6.27. The van der Waals surface area contributed by atoms with Crippen molar-refractivity contribution in [2.75, 3.05) is 0 Å². The molecule has 9 aromatic carbocycles. The largest absolute Gasteiger partial charge is 0.308 e. The van der Waals surface area contributed by atoms with E-state index in [0.717, 1.165) is 65.9 Å². The zero-order valence-corrected chi connectivity index (χ0v) is 36.8. The van der Waals surface area contributed by atoms with Gasteiger partial charge in [-0.05, 0) is 91.0 Å². The average Bonchev–Trinajstić information content (AvgIpc) is 3.94. The van der Waals surface area contributed by atoms with Crippen LogP contribution in [0.1, 0.15) is 102 Å². The Balaban J connectivity index is 1.10. The Morgan fingerprint density at radius 1 is 0.348 bits per heavy atom. The first-order valence-electron chi connectivity index (χ1n) is 23.6. The van der Waals surface area contributed by atoms with Gasteiger partial charge in [0.25, 0.3) is 0 Å². The number of fused-ring (bicyclic) bond motifs is 6. The van der Waals surface area contributed by atoms with Gasteiger partial charge in [-0.2, -0.15) is 10.5 Å². The summed E-state index contributed by atoms with van der Waals surface area (Å²) in [6, 6.07) is 69.9. The van der Waals surface area contributed by atoms with Crippen molar-refractivity contribution in [2.24, 2.45) is 0 Å². The highest BCUT2D eigenvalue weighted by Crippen LogP contribution is 2.62. The van der Waals surface area contributed by atoms with Crippen molar-refractivity contribution in [2.45, 2.75) is 23.7 Å². The van der Waals surface area contributed by atoms with Crippen LogP contribution in [0, 0.1) is 22.7 Å². The third-order valence-electron chi connectivity index (χ3n) is 16.0. The maximum absolute atomic E-state index is 11.3. The molecule has 0 radical (unpaired) electrons. The molecule has 6 heteroatoms. The second-order valence-electron chi connectivity index (χ2n) is 19.1. The van der Waals surface area contributed by atoms with E-state index in [2.05, 4.69) is 138 Å².